The minimum atomic E-state index is -4.50. The Bertz CT molecular complexity index is 772. The van der Waals surface area contributed by atoms with Crippen molar-refractivity contribution in [3.05, 3.63) is 59.7 Å². The molecule has 0 aliphatic heterocycles. The summed E-state index contributed by atoms with van der Waals surface area (Å²) in [5.74, 6) is 0.560. The molecule has 0 amide bonds. The average molecular weight is 558 g/mol. The van der Waals surface area contributed by atoms with E-state index in [1.165, 1.54) is 88.2 Å². The van der Waals surface area contributed by atoms with Crippen LogP contribution in [0.15, 0.2) is 48.5 Å². The second kappa shape index (κ2) is 19.8. The van der Waals surface area contributed by atoms with Crippen LogP contribution in [0.4, 0.5) is 0 Å². The summed E-state index contributed by atoms with van der Waals surface area (Å²) in [6.07, 6.45) is 19.9. The second-order valence-corrected chi connectivity index (χ2v) is 10.9. The Balaban J connectivity index is 0.00000648. The van der Waals surface area contributed by atoms with Gasteiger partial charge in [0, 0.05) is 0 Å². The first-order valence-electron chi connectivity index (χ1n) is 13.9. The van der Waals surface area contributed by atoms with E-state index in [9.17, 15) is 9.46 Å². The summed E-state index contributed by atoms with van der Waals surface area (Å²) in [7, 11) is -4.50. The van der Waals surface area contributed by atoms with Gasteiger partial charge in [0.05, 0.1) is 0 Å². The Labute approximate surface area is 230 Å². The van der Waals surface area contributed by atoms with Gasteiger partial charge in [-0.05, 0) is 61.1 Å². The maximum Gasteiger partial charge on any atom is 2.00 e. The van der Waals surface area contributed by atoms with Gasteiger partial charge in [0.2, 0.25) is 0 Å². The molecule has 0 heterocycles. The van der Waals surface area contributed by atoms with Crippen molar-refractivity contribution in [1.82, 2.24) is 0 Å². The fourth-order valence-electron chi connectivity index (χ4n) is 4.28. The summed E-state index contributed by atoms with van der Waals surface area (Å²) in [6, 6.07) is 14.6. The molecule has 0 saturated carbocycles. The van der Waals surface area contributed by atoms with Crippen LogP contribution in [0.2, 0.25) is 0 Å². The number of phosphoric acid groups is 1. The van der Waals surface area contributed by atoms with Gasteiger partial charge >= 0.3 is 24.9 Å². The molecule has 0 N–H and O–H groups in total. The quantitative estimate of drug-likeness (QED) is 0.0925. The van der Waals surface area contributed by atoms with Gasteiger partial charge in [0.15, 0.2) is 0 Å². The number of benzene rings is 2. The average Bonchev–Trinajstić information content (AvgIpc) is 2.84. The van der Waals surface area contributed by atoms with Crippen molar-refractivity contribution in [2.45, 2.75) is 117 Å². The first-order chi connectivity index (χ1) is 17.0. The molecule has 0 atom stereocenters. The van der Waals surface area contributed by atoms with E-state index in [2.05, 4.69) is 13.8 Å². The molecule has 0 aliphatic carbocycles. The summed E-state index contributed by atoms with van der Waals surface area (Å²) in [4.78, 5) is 12.4. The largest absolute Gasteiger partial charge is 2.00 e. The Morgan fingerprint density at radius 3 is 1.19 bits per heavy atom. The minimum absolute atomic E-state index is 0. The van der Waals surface area contributed by atoms with Gasteiger partial charge in [0.25, 0.3) is 0 Å². The summed E-state index contributed by atoms with van der Waals surface area (Å²) < 4.78 is 22.7. The standard InChI is InChI=1S/C30H47O4P.Fe/c1-3-5-7-9-11-13-15-17-27-19-23-29(24-20-27)33-35(31,32)34-30-25-21-28(22-26-30)18-16-14-12-10-8-6-4-2;/h19-26H,3-18H2,1-2H3,(H,31,32);/q;+2/p-1. The zero-order valence-electron chi connectivity index (χ0n) is 22.4. The number of phosphoric ester groups is 1. The van der Waals surface area contributed by atoms with E-state index >= 15 is 0 Å². The number of aryl methyl sites for hydroxylation is 2. The van der Waals surface area contributed by atoms with E-state index < -0.39 is 7.82 Å². The Morgan fingerprint density at radius 2 is 0.861 bits per heavy atom. The number of hydrogen-bond acceptors (Lipinski definition) is 4. The van der Waals surface area contributed by atoms with Crippen molar-refractivity contribution >= 4 is 7.82 Å². The molecule has 0 saturated heterocycles. The van der Waals surface area contributed by atoms with Crippen molar-refractivity contribution in [1.29, 1.82) is 0 Å². The van der Waals surface area contributed by atoms with Crippen molar-refractivity contribution < 1.29 is 35.6 Å². The van der Waals surface area contributed by atoms with Crippen LogP contribution in [0.3, 0.4) is 0 Å². The maximum atomic E-state index is 12.4. The first-order valence-corrected chi connectivity index (χ1v) is 15.4. The van der Waals surface area contributed by atoms with Gasteiger partial charge < -0.3 is 13.9 Å². The van der Waals surface area contributed by atoms with E-state index in [0.29, 0.717) is 0 Å². The van der Waals surface area contributed by atoms with E-state index in [0.717, 1.165) is 25.7 Å². The molecular weight excluding hydrogens is 511 g/mol. The topological polar surface area (TPSA) is 58.6 Å². The molecule has 6 heteroatoms. The van der Waals surface area contributed by atoms with E-state index in [1.807, 2.05) is 24.3 Å². The Morgan fingerprint density at radius 1 is 0.556 bits per heavy atom. The minimum Gasteiger partial charge on any atom is -0.736 e. The number of rotatable bonds is 20. The van der Waals surface area contributed by atoms with Crippen molar-refractivity contribution in [3.8, 4) is 11.5 Å². The van der Waals surface area contributed by atoms with Crippen LogP contribution >= 0.6 is 7.82 Å². The normalized spacial score (nSPS) is 11.2. The van der Waals surface area contributed by atoms with Gasteiger partial charge in [-0.3, -0.25) is 0 Å². The van der Waals surface area contributed by atoms with Crippen molar-refractivity contribution in [2.24, 2.45) is 0 Å². The van der Waals surface area contributed by atoms with Crippen LogP contribution < -0.4 is 13.9 Å². The maximum absolute atomic E-state index is 12.4. The first kappa shape index (κ1) is 32.8. The monoisotopic (exact) mass is 557 g/mol. The smallest absolute Gasteiger partial charge is 0.736 e. The molecule has 202 valence electrons. The van der Waals surface area contributed by atoms with Crippen LogP contribution in [0.1, 0.15) is 115 Å². The Kier molecular flexibility index (Phi) is 18.0. The zero-order chi connectivity index (χ0) is 25.2. The van der Waals surface area contributed by atoms with Crippen LogP contribution in [0, 0.1) is 0 Å². The zero-order valence-corrected chi connectivity index (χ0v) is 24.4. The third kappa shape index (κ3) is 15.1. The molecular formula is C30H46FeO4P+. The number of unbranched alkanes of at least 4 members (excludes halogenated alkanes) is 12. The molecule has 0 unspecified atom stereocenters. The molecule has 2 aromatic carbocycles. The molecule has 2 rings (SSSR count). The fourth-order valence-corrected chi connectivity index (χ4v) is 5.08. The molecule has 2 aromatic rings. The predicted octanol–water partition coefficient (Wildman–Crippen LogP) is 9.20. The van der Waals surface area contributed by atoms with Gasteiger partial charge in [-0.2, -0.15) is 0 Å². The second-order valence-electron chi connectivity index (χ2n) is 9.66. The summed E-state index contributed by atoms with van der Waals surface area (Å²) >= 11 is 0. The summed E-state index contributed by atoms with van der Waals surface area (Å²) in [5, 5.41) is 0. The molecule has 0 spiro atoms. The van der Waals surface area contributed by atoms with E-state index in [1.54, 1.807) is 24.3 Å². The van der Waals surface area contributed by atoms with Crippen LogP contribution in [-0.4, -0.2) is 0 Å². The molecule has 0 aliphatic rings. The molecule has 0 radical (unpaired) electrons. The van der Waals surface area contributed by atoms with Crippen LogP contribution in [0.25, 0.3) is 0 Å². The third-order valence-corrected chi connectivity index (χ3v) is 7.29. The molecule has 36 heavy (non-hydrogen) atoms. The van der Waals surface area contributed by atoms with Gasteiger partial charge in [-0.25, -0.2) is 4.57 Å². The Hall–Kier alpha value is -1.25. The SMILES string of the molecule is CCCCCCCCCc1ccc(OP(=O)([O-])Oc2ccc(CCCCCCCCC)cc2)cc1.[Fe+2]. The molecule has 4 nitrogen and oxygen atoms in total. The molecule has 0 bridgehead atoms. The van der Waals surface area contributed by atoms with Crippen molar-refractivity contribution in [3.63, 3.8) is 0 Å². The molecule has 0 aromatic heterocycles. The van der Waals surface area contributed by atoms with E-state index in [4.69, 9.17) is 9.05 Å². The van der Waals surface area contributed by atoms with Gasteiger partial charge in [-0.15, -0.1) is 0 Å². The third-order valence-electron chi connectivity index (χ3n) is 6.42. The van der Waals surface area contributed by atoms with Crippen LogP contribution in [0.5, 0.6) is 11.5 Å². The van der Waals surface area contributed by atoms with E-state index in [-0.39, 0.29) is 28.6 Å². The molecule has 0 fully saturated rings. The van der Waals surface area contributed by atoms with Crippen LogP contribution in [-0.2, 0) is 34.5 Å². The summed E-state index contributed by atoms with van der Waals surface area (Å²) in [6.45, 7) is 4.47. The van der Waals surface area contributed by atoms with Gasteiger partial charge in [-0.1, -0.05) is 115 Å². The summed E-state index contributed by atoms with van der Waals surface area (Å²) in [5.41, 5.74) is 2.40. The van der Waals surface area contributed by atoms with Crippen molar-refractivity contribution in [2.75, 3.05) is 0 Å². The van der Waals surface area contributed by atoms with Gasteiger partial charge in [0.1, 0.15) is 11.5 Å². The fraction of sp³-hybridized carbons (Fsp3) is 0.600. The predicted molar refractivity (Wildman–Crippen MR) is 145 cm³/mol. The number of hydrogen-bond donors (Lipinski definition) is 0.